The van der Waals surface area contributed by atoms with Crippen LogP contribution < -0.4 is 15.0 Å². The number of amides is 1. The lowest BCUT2D eigenvalue weighted by Crippen LogP contribution is -2.48. The fourth-order valence-electron chi connectivity index (χ4n) is 4.63. The van der Waals surface area contributed by atoms with E-state index in [0.717, 1.165) is 6.42 Å². The molecule has 0 unspecified atom stereocenters. The average Bonchev–Trinajstić information content (AvgIpc) is 3.44. The quantitative estimate of drug-likeness (QED) is 0.549. The maximum absolute atomic E-state index is 14.9. The standard InChI is InChI=1S/C23H21F3N6O2/c1-3-19(33)32-10-13-8-14(32)9-31(13)18-7-5-16-21(30-18)22(28-11-27-16)29-15-4-6-17(34-23(25)26)12(2)20(15)24/h3-7,11,13-14,23H,1,8-10H2,2H3,(H,27,28,29)/t13-,14-/m0/s1. The number of piperazine rings is 1. The van der Waals surface area contributed by atoms with Gasteiger partial charge < -0.3 is 19.9 Å². The Morgan fingerprint density at radius 1 is 1.24 bits per heavy atom. The van der Waals surface area contributed by atoms with Crippen LogP contribution in [0.1, 0.15) is 12.0 Å². The summed E-state index contributed by atoms with van der Waals surface area (Å²) in [7, 11) is 0. The largest absolute Gasteiger partial charge is 0.434 e. The van der Waals surface area contributed by atoms with Crippen LogP contribution in [0.3, 0.4) is 0 Å². The molecule has 4 heterocycles. The van der Waals surface area contributed by atoms with Gasteiger partial charge in [-0.3, -0.25) is 4.79 Å². The number of nitrogens with zero attached hydrogens (tertiary/aromatic N) is 5. The highest BCUT2D eigenvalue weighted by molar-refractivity contribution is 5.89. The number of rotatable bonds is 6. The number of hydrogen-bond acceptors (Lipinski definition) is 7. The monoisotopic (exact) mass is 470 g/mol. The first-order chi connectivity index (χ1) is 16.4. The predicted octanol–water partition coefficient (Wildman–Crippen LogP) is 3.79. The van der Waals surface area contributed by atoms with Gasteiger partial charge in [0.2, 0.25) is 5.91 Å². The summed E-state index contributed by atoms with van der Waals surface area (Å²) in [4.78, 5) is 29.2. The van der Waals surface area contributed by atoms with Gasteiger partial charge in [-0.15, -0.1) is 0 Å². The predicted molar refractivity (Wildman–Crippen MR) is 120 cm³/mol. The molecule has 0 aliphatic carbocycles. The summed E-state index contributed by atoms with van der Waals surface area (Å²) in [6.45, 7) is 3.13. The van der Waals surface area contributed by atoms with E-state index in [0.29, 0.717) is 29.9 Å². The Bertz CT molecular complexity index is 1290. The highest BCUT2D eigenvalue weighted by Crippen LogP contribution is 2.36. The molecule has 0 saturated carbocycles. The van der Waals surface area contributed by atoms with E-state index in [9.17, 15) is 18.0 Å². The van der Waals surface area contributed by atoms with Gasteiger partial charge in [0.05, 0.1) is 23.3 Å². The lowest BCUT2D eigenvalue weighted by molar-refractivity contribution is -0.127. The molecular weight excluding hydrogens is 449 g/mol. The van der Waals surface area contributed by atoms with E-state index in [2.05, 4.69) is 31.5 Å². The second-order valence-corrected chi connectivity index (χ2v) is 8.20. The second kappa shape index (κ2) is 8.47. The molecule has 2 saturated heterocycles. The zero-order chi connectivity index (χ0) is 24.0. The Kier molecular flexibility index (Phi) is 5.46. The SMILES string of the molecule is C=CC(=O)N1C[C@@H]2C[C@H]1CN2c1ccc2ncnc(Nc3ccc(OC(F)F)c(C)c3F)c2n1. The number of hydrogen-bond donors (Lipinski definition) is 1. The Hall–Kier alpha value is -3.89. The van der Waals surface area contributed by atoms with E-state index in [4.69, 9.17) is 4.98 Å². The van der Waals surface area contributed by atoms with E-state index >= 15 is 0 Å². The molecule has 176 valence electrons. The van der Waals surface area contributed by atoms with Crippen LogP contribution in [0.5, 0.6) is 5.75 Å². The van der Waals surface area contributed by atoms with Gasteiger partial charge in [-0.1, -0.05) is 6.58 Å². The molecule has 2 atom stereocenters. The molecule has 5 rings (SSSR count). The molecule has 2 fully saturated rings. The number of aromatic nitrogens is 3. The number of benzene rings is 1. The molecule has 0 radical (unpaired) electrons. The van der Waals surface area contributed by atoms with E-state index in [1.165, 1.54) is 31.5 Å². The first kappa shape index (κ1) is 21.9. The van der Waals surface area contributed by atoms with Crippen molar-refractivity contribution in [2.75, 3.05) is 23.3 Å². The lowest BCUT2D eigenvalue weighted by Gasteiger charge is -2.34. The van der Waals surface area contributed by atoms with E-state index < -0.39 is 12.4 Å². The maximum Gasteiger partial charge on any atom is 0.387 e. The second-order valence-electron chi connectivity index (χ2n) is 8.20. The molecule has 1 amide bonds. The number of fused-ring (bicyclic) bond motifs is 3. The van der Waals surface area contributed by atoms with Crippen LogP contribution >= 0.6 is 0 Å². The molecule has 2 aromatic heterocycles. The van der Waals surface area contributed by atoms with Crippen molar-refractivity contribution in [1.29, 1.82) is 0 Å². The van der Waals surface area contributed by atoms with Crippen LogP contribution in [-0.4, -0.2) is 57.5 Å². The molecule has 0 spiro atoms. The third-order valence-corrected chi connectivity index (χ3v) is 6.27. The number of ether oxygens (including phenoxy) is 1. The topological polar surface area (TPSA) is 83.5 Å². The summed E-state index contributed by atoms with van der Waals surface area (Å²) < 4.78 is 44.3. The smallest absolute Gasteiger partial charge is 0.387 e. The van der Waals surface area contributed by atoms with Gasteiger partial charge in [0.1, 0.15) is 23.4 Å². The molecule has 1 aromatic carbocycles. The average molecular weight is 470 g/mol. The number of halogens is 3. The highest BCUT2D eigenvalue weighted by Gasteiger charge is 2.45. The van der Waals surface area contributed by atoms with Crippen LogP contribution in [-0.2, 0) is 4.79 Å². The summed E-state index contributed by atoms with van der Waals surface area (Å²) in [6, 6.07) is 6.49. The normalized spacial score (nSPS) is 19.2. The number of anilines is 3. The van der Waals surface area contributed by atoms with Crippen molar-refractivity contribution in [3.8, 4) is 5.75 Å². The minimum atomic E-state index is -3.05. The van der Waals surface area contributed by atoms with Crippen molar-refractivity contribution < 1.29 is 22.7 Å². The minimum Gasteiger partial charge on any atom is -0.434 e. The van der Waals surface area contributed by atoms with Gasteiger partial charge in [-0.25, -0.2) is 19.3 Å². The number of likely N-dealkylation sites (tertiary alicyclic amines) is 1. The first-order valence-electron chi connectivity index (χ1n) is 10.7. The summed E-state index contributed by atoms with van der Waals surface area (Å²) in [5, 5.41) is 2.90. The van der Waals surface area contributed by atoms with E-state index in [1.807, 2.05) is 17.0 Å². The highest BCUT2D eigenvalue weighted by atomic mass is 19.3. The van der Waals surface area contributed by atoms with Crippen molar-refractivity contribution in [2.24, 2.45) is 0 Å². The van der Waals surface area contributed by atoms with Crippen molar-refractivity contribution in [3.05, 3.63) is 54.6 Å². The molecular formula is C23H21F3N6O2. The van der Waals surface area contributed by atoms with Crippen molar-refractivity contribution in [1.82, 2.24) is 19.9 Å². The van der Waals surface area contributed by atoms with Crippen molar-refractivity contribution in [2.45, 2.75) is 32.0 Å². The molecule has 2 bridgehead atoms. The Labute approximate surface area is 193 Å². The van der Waals surface area contributed by atoms with Crippen LogP contribution in [0.2, 0.25) is 0 Å². The molecule has 2 aliphatic rings. The molecule has 2 aliphatic heterocycles. The van der Waals surface area contributed by atoms with Crippen molar-refractivity contribution in [3.63, 3.8) is 0 Å². The summed E-state index contributed by atoms with van der Waals surface area (Å²) in [5.41, 5.74) is 0.991. The summed E-state index contributed by atoms with van der Waals surface area (Å²) >= 11 is 0. The number of alkyl halides is 2. The molecule has 3 aromatic rings. The lowest BCUT2D eigenvalue weighted by atomic mass is 10.2. The zero-order valence-electron chi connectivity index (χ0n) is 18.2. The molecule has 1 N–H and O–H groups in total. The fourth-order valence-corrected chi connectivity index (χ4v) is 4.63. The fraction of sp³-hybridized carbons (Fsp3) is 0.304. The number of carbonyl (C=O) groups excluding carboxylic acids is 1. The summed E-state index contributed by atoms with van der Waals surface area (Å²) in [6.07, 6.45) is 3.52. The van der Waals surface area contributed by atoms with Gasteiger partial charge >= 0.3 is 6.61 Å². The van der Waals surface area contributed by atoms with Crippen LogP contribution in [0.25, 0.3) is 11.0 Å². The first-order valence-corrected chi connectivity index (χ1v) is 10.7. The van der Waals surface area contributed by atoms with Gasteiger partial charge in [-0.05, 0) is 43.7 Å². The Balaban J connectivity index is 1.43. The third-order valence-electron chi connectivity index (χ3n) is 6.27. The molecule has 34 heavy (non-hydrogen) atoms. The number of nitrogens with one attached hydrogen (secondary N) is 1. The molecule has 8 nitrogen and oxygen atoms in total. The van der Waals surface area contributed by atoms with Crippen LogP contribution in [0, 0.1) is 12.7 Å². The maximum atomic E-state index is 14.9. The zero-order valence-corrected chi connectivity index (χ0v) is 18.2. The van der Waals surface area contributed by atoms with Crippen LogP contribution in [0.4, 0.5) is 30.5 Å². The van der Waals surface area contributed by atoms with Gasteiger partial charge in [-0.2, -0.15) is 8.78 Å². The van der Waals surface area contributed by atoms with Gasteiger partial charge in [0.15, 0.2) is 11.6 Å². The van der Waals surface area contributed by atoms with Crippen molar-refractivity contribution >= 4 is 34.3 Å². The third kappa shape index (κ3) is 3.76. The molecule has 11 heteroatoms. The minimum absolute atomic E-state index is 0.0464. The number of pyridine rings is 1. The van der Waals surface area contributed by atoms with Crippen LogP contribution in [0.15, 0.2) is 43.2 Å². The Morgan fingerprint density at radius 3 is 2.76 bits per heavy atom. The Morgan fingerprint density at radius 2 is 2.06 bits per heavy atom. The van der Waals surface area contributed by atoms with E-state index in [1.54, 1.807) is 0 Å². The summed E-state index contributed by atoms with van der Waals surface area (Å²) in [5.74, 6) is -0.0499. The van der Waals surface area contributed by atoms with E-state index in [-0.39, 0.29) is 40.8 Å². The van der Waals surface area contributed by atoms with Gasteiger partial charge in [0.25, 0.3) is 0 Å². The van der Waals surface area contributed by atoms with Gasteiger partial charge in [0, 0.05) is 18.7 Å². The number of carbonyl (C=O) groups is 1.